The molecular formula is C18H19N5O2S. The third-order valence-corrected chi connectivity index (χ3v) is 4.95. The Morgan fingerprint density at radius 3 is 2.65 bits per heavy atom. The summed E-state index contributed by atoms with van der Waals surface area (Å²) in [7, 11) is 0. The second-order valence-electron chi connectivity index (χ2n) is 5.86. The third-order valence-electron chi connectivity index (χ3n) is 4.02. The fraction of sp³-hybridized carbons (Fsp3) is 0.222. The number of aryl methyl sites for hydroxylation is 2. The van der Waals surface area contributed by atoms with Crippen molar-refractivity contribution in [2.75, 3.05) is 17.2 Å². The number of rotatable bonds is 7. The SMILES string of the molecule is Cc1ccc(Nc2ncnc(NCCc3cccs3)c2[N+](=O)[O-])cc1C. The van der Waals surface area contributed by atoms with Crippen LogP contribution in [-0.4, -0.2) is 21.4 Å². The summed E-state index contributed by atoms with van der Waals surface area (Å²) in [5.41, 5.74) is 2.85. The van der Waals surface area contributed by atoms with Crippen LogP contribution in [0.5, 0.6) is 0 Å². The number of aromatic nitrogens is 2. The highest BCUT2D eigenvalue weighted by Crippen LogP contribution is 2.31. The molecule has 2 aromatic heterocycles. The van der Waals surface area contributed by atoms with Crippen molar-refractivity contribution in [3.63, 3.8) is 0 Å². The maximum absolute atomic E-state index is 11.6. The minimum Gasteiger partial charge on any atom is -0.364 e. The average molecular weight is 369 g/mol. The van der Waals surface area contributed by atoms with Crippen molar-refractivity contribution in [3.8, 4) is 0 Å². The van der Waals surface area contributed by atoms with Gasteiger partial charge < -0.3 is 10.6 Å². The van der Waals surface area contributed by atoms with Gasteiger partial charge in [-0.2, -0.15) is 0 Å². The highest BCUT2D eigenvalue weighted by Gasteiger charge is 2.23. The van der Waals surface area contributed by atoms with Gasteiger partial charge in [0.25, 0.3) is 0 Å². The van der Waals surface area contributed by atoms with Crippen LogP contribution in [-0.2, 0) is 6.42 Å². The van der Waals surface area contributed by atoms with Crippen molar-refractivity contribution < 1.29 is 4.92 Å². The molecule has 0 saturated carbocycles. The molecule has 0 radical (unpaired) electrons. The molecule has 8 heteroatoms. The number of thiophene rings is 1. The van der Waals surface area contributed by atoms with E-state index in [2.05, 4.69) is 20.6 Å². The Bertz CT molecular complexity index is 912. The van der Waals surface area contributed by atoms with Crippen molar-refractivity contribution in [2.45, 2.75) is 20.3 Å². The zero-order valence-corrected chi connectivity index (χ0v) is 15.3. The second-order valence-corrected chi connectivity index (χ2v) is 6.89. The molecule has 0 aliphatic carbocycles. The van der Waals surface area contributed by atoms with E-state index in [4.69, 9.17) is 0 Å². The van der Waals surface area contributed by atoms with E-state index in [9.17, 15) is 10.1 Å². The maximum Gasteiger partial charge on any atom is 0.353 e. The van der Waals surface area contributed by atoms with Crippen LogP contribution in [0.1, 0.15) is 16.0 Å². The Kier molecular flexibility index (Phi) is 5.43. The average Bonchev–Trinajstić information content (AvgIpc) is 3.11. The van der Waals surface area contributed by atoms with Gasteiger partial charge in [-0.15, -0.1) is 11.3 Å². The van der Waals surface area contributed by atoms with Crippen LogP contribution in [0.4, 0.5) is 23.0 Å². The van der Waals surface area contributed by atoms with Gasteiger partial charge in [-0.1, -0.05) is 12.1 Å². The smallest absolute Gasteiger partial charge is 0.353 e. The zero-order valence-electron chi connectivity index (χ0n) is 14.5. The Hall–Kier alpha value is -3.00. The lowest BCUT2D eigenvalue weighted by Gasteiger charge is -2.11. The highest BCUT2D eigenvalue weighted by atomic mass is 32.1. The number of hydrogen-bond acceptors (Lipinski definition) is 7. The molecule has 0 aliphatic rings. The van der Waals surface area contributed by atoms with Crippen molar-refractivity contribution in [2.24, 2.45) is 0 Å². The number of hydrogen-bond donors (Lipinski definition) is 2. The van der Waals surface area contributed by atoms with E-state index < -0.39 is 4.92 Å². The minimum atomic E-state index is -0.461. The summed E-state index contributed by atoms with van der Waals surface area (Å²) in [5, 5.41) is 19.7. The summed E-state index contributed by atoms with van der Waals surface area (Å²) in [6, 6.07) is 9.79. The van der Waals surface area contributed by atoms with Gasteiger partial charge in [0.1, 0.15) is 6.33 Å². The second kappa shape index (κ2) is 7.92. The summed E-state index contributed by atoms with van der Waals surface area (Å²) < 4.78 is 0. The zero-order chi connectivity index (χ0) is 18.5. The Morgan fingerprint density at radius 1 is 1.15 bits per heavy atom. The molecule has 3 rings (SSSR count). The van der Waals surface area contributed by atoms with Crippen molar-refractivity contribution in [1.29, 1.82) is 0 Å². The van der Waals surface area contributed by atoms with Crippen LogP contribution in [0.25, 0.3) is 0 Å². The largest absolute Gasteiger partial charge is 0.364 e. The minimum absolute atomic E-state index is 0.156. The van der Waals surface area contributed by atoms with Crippen LogP contribution in [0.3, 0.4) is 0 Å². The summed E-state index contributed by atoms with van der Waals surface area (Å²) in [5.74, 6) is 0.389. The molecule has 0 unspecified atom stereocenters. The van der Waals surface area contributed by atoms with Gasteiger partial charge in [-0.25, -0.2) is 9.97 Å². The van der Waals surface area contributed by atoms with Crippen LogP contribution in [0, 0.1) is 24.0 Å². The fourth-order valence-corrected chi connectivity index (χ4v) is 3.20. The van der Waals surface area contributed by atoms with E-state index in [1.807, 2.05) is 49.6 Å². The standard InChI is InChI=1S/C18H19N5O2S/c1-12-5-6-14(10-13(12)2)22-18-16(23(24)25)17(20-11-21-18)19-8-7-15-4-3-9-26-15/h3-6,9-11H,7-8H2,1-2H3,(H2,19,20,21,22). The first-order chi connectivity index (χ1) is 12.5. The number of benzene rings is 1. The number of nitrogens with one attached hydrogen (secondary N) is 2. The monoisotopic (exact) mass is 369 g/mol. The van der Waals surface area contributed by atoms with E-state index in [1.165, 1.54) is 11.2 Å². The first-order valence-corrected chi connectivity index (χ1v) is 9.02. The van der Waals surface area contributed by atoms with E-state index >= 15 is 0 Å². The maximum atomic E-state index is 11.6. The number of nitro groups is 1. The summed E-state index contributed by atoms with van der Waals surface area (Å²) in [6.45, 7) is 4.57. The van der Waals surface area contributed by atoms with Gasteiger partial charge in [0.2, 0.25) is 11.6 Å². The lowest BCUT2D eigenvalue weighted by atomic mass is 10.1. The highest BCUT2D eigenvalue weighted by molar-refractivity contribution is 7.09. The lowest BCUT2D eigenvalue weighted by Crippen LogP contribution is -2.10. The molecule has 7 nitrogen and oxygen atoms in total. The molecule has 0 spiro atoms. The van der Waals surface area contributed by atoms with Crippen LogP contribution in [0.15, 0.2) is 42.0 Å². The molecule has 134 valence electrons. The quantitative estimate of drug-likeness (QED) is 0.472. The topological polar surface area (TPSA) is 93.0 Å². The predicted molar refractivity (Wildman–Crippen MR) is 104 cm³/mol. The number of anilines is 3. The van der Waals surface area contributed by atoms with Crippen molar-refractivity contribution in [1.82, 2.24) is 9.97 Å². The molecule has 0 aliphatic heterocycles. The van der Waals surface area contributed by atoms with E-state index in [0.717, 1.165) is 23.2 Å². The molecule has 2 heterocycles. The van der Waals surface area contributed by atoms with Gasteiger partial charge in [0.15, 0.2) is 0 Å². The molecular weight excluding hydrogens is 350 g/mol. The summed E-state index contributed by atoms with van der Waals surface area (Å²) in [4.78, 5) is 20.5. The fourth-order valence-electron chi connectivity index (χ4n) is 2.49. The van der Waals surface area contributed by atoms with Gasteiger partial charge in [-0.3, -0.25) is 10.1 Å². The van der Waals surface area contributed by atoms with Gasteiger partial charge in [0, 0.05) is 17.1 Å². The van der Waals surface area contributed by atoms with Gasteiger partial charge in [0.05, 0.1) is 4.92 Å². The Balaban J connectivity index is 1.80. The van der Waals surface area contributed by atoms with Crippen LogP contribution < -0.4 is 10.6 Å². The van der Waals surface area contributed by atoms with Gasteiger partial charge in [-0.05, 0) is 55.0 Å². The number of nitrogens with zero attached hydrogens (tertiary/aromatic N) is 3. The third kappa shape index (κ3) is 4.15. The molecule has 0 fully saturated rings. The molecule has 0 saturated heterocycles. The first kappa shape index (κ1) is 17.8. The molecule has 26 heavy (non-hydrogen) atoms. The van der Waals surface area contributed by atoms with Crippen molar-refractivity contribution >= 4 is 34.3 Å². The summed E-state index contributed by atoms with van der Waals surface area (Å²) >= 11 is 1.66. The van der Waals surface area contributed by atoms with Crippen molar-refractivity contribution in [3.05, 3.63) is 68.2 Å². The lowest BCUT2D eigenvalue weighted by molar-refractivity contribution is -0.383. The Labute approximate surface area is 155 Å². The molecule has 0 bridgehead atoms. The van der Waals surface area contributed by atoms with Crippen LogP contribution in [0.2, 0.25) is 0 Å². The molecule has 2 N–H and O–H groups in total. The summed E-state index contributed by atoms with van der Waals surface area (Å²) in [6.07, 6.45) is 2.10. The predicted octanol–water partition coefficient (Wildman–Crippen LogP) is 4.46. The first-order valence-electron chi connectivity index (χ1n) is 8.14. The molecule has 3 aromatic rings. The van der Waals surface area contributed by atoms with Crippen LogP contribution >= 0.6 is 11.3 Å². The molecule has 1 aromatic carbocycles. The molecule has 0 amide bonds. The normalized spacial score (nSPS) is 10.5. The van der Waals surface area contributed by atoms with E-state index in [1.54, 1.807) is 11.3 Å². The molecule has 0 atom stereocenters. The van der Waals surface area contributed by atoms with E-state index in [0.29, 0.717) is 6.54 Å². The van der Waals surface area contributed by atoms with E-state index in [-0.39, 0.29) is 17.3 Å². The van der Waals surface area contributed by atoms with Gasteiger partial charge >= 0.3 is 5.69 Å². The Morgan fingerprint density at radius 2 is 1.96 bits per heavy atom.